The molecule has 20 atom stereocenters. The third-order valence-corrected chi connectivity index (χ3v) is 48.4. The second-order valence-electron chi connectivity index (χ2n) is 38.9. The number of hydrogen-bond acceptors (Lipinski definition) is 16. The first-order chi connectivity index (χ1) is 46.8. The van der Waals surface area contributed by atoms with Crippen LogP contribution < -0.4 is 4.74 Å². The number of rotatable bonds is 27. The Bertz CT molecular complexity index is 2960. The van der Waals surface area contributed by atoms with Crippen LogP contribution in [0, 0.1) is 23.7 Å². The van der Waals surface area contributed by atoms with Gasteiger partial charge < -0.3 is 69.9 Å². The maximum absolute atomic E-state index is 12.8. The van der Waals surface area contributed by atoms with Crippen molar-refractivity contribution in [3.63, 3.8) is 0 Å². The Morgan fingerprint density at radius 2 is 1.17 bits per heavy atom. The van der Waals surface area contributed by atoms with Crippen LogP contribution in [0.4, 0.5) is 0 Å². The number of aliphatic hydroxyl groups excluding tert-OH is 1. The highest BCUT2D eigenvalue weighted by Crippen LogP contribution is 2.50. The minimum atomic E-state index is -2.57. The van der Waals surface area contributed by atoms with Gasteiger partial charge in [0.15, 0.2) is 41.6 Å². The van der Waals surface area contributed by atoms with Gasteiger partial charge in [0.05, 0.1) is 100 Å². The molecule has 0 amide bonds. The smallest absolute Gasteiger partial charge is 0.308 e. The van der Waals surface area contributed by atoms with Crippen LogP contribution in [-0.4, -0.2) is 183 Å². The van der Waals surface area contributed by atoms with Crippen LogP contribution in [0.25, 0.3) is 0 Å². The first-order valence-corrected chi connectivity index (χ1v) is 53.5. The normalized spacial score (nSPS) is 31.9. The number of ether oxygens (including phenoxy) is 9. The van der Waals surface area contributed by atoms with E-state index in [2.05, 4.69) is 214 Å². The largest absolute Gasteiger partial charge is 0.497 e. The summed E-state index contributed by atoms with van der Waals surface area (Å²) < 4.78 is 97.6. The predicted octanol–water partition coefficient (Wildman–Crippen LogP) is 18.4. The molecular formula is C81H144O16Si5. The lowest BCUT2D eigenvalue weighted by Gasteiger charge is -2.56. The molecule has 1 aromatic rings. The molecule has 0 bridgehead atoms. The number of carbonyl (C=O) groups excluding carboxylic acids is 1. The van der Waals surface area contributed by atoms with Gasteiger partial charge in [-0.05, 0) is 183 Å². The van der Waals surface area contributed by atoms with Crippen LogP contribution in [-0.2, 0) is 71.4 Å². The average Bonchev–Trinajstić information content (AvgIpc) is 0.853. The molecule has 7 rings (SSSR count). The SMILES string of the molecule is C=C1C[C@H](CCC(O)C#C[C@H](O[Si](C)(C)C(C)(C)C)[C@@H]2O[C@H]3CC[C@H](CC(=O)OC)O[C@@H]3[C@H](O[Si](C)(C)C(C)(C)C)[C@@H]2O[Si](C)(C)C(C)(C)C)O[C@H]1CC[C@H]1C[C@@H](C)C(=C)[C@@H](C[C@@H]2O[C@H]3C[C@@H](O[Si](C)(C)C(C)(C)C)[C@@H](CCO[Si](C)(C)C(C)(C)C)O[C@H]3[C@H](C)[C@H]2OCc2ccc(OC)cc2)O1. The number of methoxy groups -OCH3 is 2. The van der Waals surface area contributed by atoms with Gasteiger partial charge in [0.25, 0.3) is 0 Å². The Morgan fingerprint density at radius 1 is 0.588 bits per heavy atom. The van der Waals surface area contributed by atoms with Crippen molar-refractivity contribution in [3.05, 3.63) is 54.1 Å². The Kier molecular flexibility index (Phi) is 29.2. The Labute approximate surface area is 624 Å². The van der Waals surface area contributed by atoms with Crippen LogP contribution in [0.1, 0.15) is 200 Å². The molecular weight excluding hydrogens is 1370 g/mol. The van der Waals surface area contributed by atoms with Gasteiger partial charge in [-0.15, -0.1) is 0 Å². The van der Waals surface area contributed by atoms with E-state index in [1.807, 2.05) is 12.1 Å². The van der Waals surface area contributed by atoms with E-state index in [1.165, 1.54) is 7.11 Å². The maximum Gasteiger partial charge on any atom is 0.308 e. The van der Waals surface area contributed by atoms with Crippen molar-refractivity contribution in [1.82, 2.24) is 0 Å². The van der Waals surface area contributed by atoms with E-state index in [-0.39, 0.29) is 123 Å². The van der Waals surface area contributed by atoms with Crippen LogP contribution >= 0.6 is 0 Å². The molecule has 16 nitrogen and oxygen atoms in total. The summed E-state index contributed by atoms with van der Waals surface area (Å²) in [6, 6.07) is 8.10. The number of hydrogen-bond donors (Lipinski definition) is 1. The number of carbonyl (C=O) groups is 1. The van der Waals surface area contributed by atoms with E-state index >= 15 is 0 Å². The first-order valence-electron chi connectivity index (χ1n) is 38.9. The zero-order chi connectivity index (χ0) is 76.5. The second kappa shape index (κ2) is 34.2. The summed E-state index contributed by atoms with van der Waals surface area (Å²) in [6.45, 7) is 71.7. The topological polar surface area (TPSA) is 167 Å². The Balaban J connectivity index is 1.06. The number of aliphatic hydroxyl groups is 1. The Hall–Kier alpha value is -1.91. The van der Waals surface area contributed by atoms with Crippen molar-refractivity contribution < 1.29 is 74.7 Å². The van der Waals surface area contributed by atoms with Gasteiger partial charge in [0.2, 0.25) is 0 Å². The van der Waals surface area contributed by atoms with Crippen molar-refractivity contribution in [3.8, 4) is 17.6 Å². The van der Waals surface area contributed by atoms with Crippen LogP contribution in [0.3, 0.4) is 0 Å². The van der Waals surface area contributed by atoms with Crippen molar-refractivity contribution in [1.29, 1.82) is 0 Å². The summed E-state index contributed by atoms with van der Waals surface area (Å²) in [5.74, 6) is 7.57. The lowest BCUT2D eigenvalue weighted by molar-refractivity contribution is -0.276. The minimum absolute atomic E-state index is 0.00518. The van der Waals surface area contributed by atoms with Crippen molar-refractivity contribution in [2.45, 2.75) is 402 Å². The van der Waals surface area contributed by atoms with Crippen LogP contribution in [0.5, 0.6) is 5.75 Å². The lowest BCUT2D eigenvalue weighted by Crippen LogP contribution is -2.69. The molecule has 1 N–H and O–H groups in total. The molecule has 6 saturated heterocycles. The minimum Gasteiger partial charge on any atom is -0.497 e. The van der Waals surface area contributed by atoms with Gasteiger partial charge >= 0.3 is 5.97 Å². The summed E-state index contributed by atoms with van der Waals surface area (Å²) >= 11 is 0. The molecule has 0 radical (unpaired) electrons. The molecule has 6 aliphatic rings. The Morgan fingerprint density at radius 3 is 1.75 bits per heavy atom. The monoisotopic (exact) mass is 1510 g/mol. The van der Waals surface area contributed by atoms with Gasteiger partial charge in [-0.2, -0.15) is 0 Å². The molecule has 1 aromatic carbocycles. The van der Waals surface area contributed by atoms with Crippen molar-refractivity contribution >= 4 is 47.6 Å². The zero-order valence-electron chi connectivity index (χ0n) is 69.2. The molecule has 6 heterocycles. The quantitative estimate of drug-likeness (QED) is 0.0382. The zero-order valence-corrected chi connectivity index (χ0v) is 74.2. The van der Waals surface area contributed by atoms with E-state index in [0.717, 1.165) is 54.6 Å². The van der Waals surface area contributed by atoms with Gasteiger partial charge in [0, 0.05) is 25.4 Å². The third-order valence-electron chi connectivity index (χ3n) is 25.9. The second-order valence-corrected chi connectivity index (χ2v) is 62.7. The van der Waals surface area contributed by atoms with Crippen LogP contribution in [0.2, 0.25) is 90.7 Å². The summed E-state index contributed by atoms with van der Waals surface area (Å²) in [5, 5.41) is 11.7. The number of benzene rings is 1. The highest BCUT2D eigenvalue weighted by molar-refractivity contribution is 6.76. The van der Waals surface area contributed by atoms with E-state index in [1.54, 1.807) is 7.11 Å². The molecule has 1 unspecified atom stereocenters. The average molecular weight is 1510 g/mol. The summed E-state index contributed by atoms with van der Waals surface area (Å²) in [5.41, 5.74) is 3.21. The first kappa shape index (κ1) is 87.3. The van der Waals surface area contributed by atoms with Gasteiger partial charge in [-0.25, -0.2) is 0 Å². The van der Waals surface area contributed by atoms with Gasteiger partial charge in [-0.1, -0.05) is 155 Å². The third kappa shape index (κ3) is 22.0. The molecule has 0 spiro atoms. The van der Waals surface area contributed by atoms with Crippen molar-refractivity contribution in [2.24, 2.45) is 11.8 Å². The van der Waals surface area contributed by atoms with E-state index in [4.69, 9.17) is 71.3 Å². The molecule has 584 valence electrons. The van der Waals surface area contributed by atoms with Crippen molar-refractivity contribution in [2.75, 3.05) is 20.8 Å². The molecule has 102 heavy (non-hydrogen) atoms. The summed E-state index contributed by atoms with van der Waals surface area (Å²) in [6.07, 6.45) is 0.920. The molecule has 6 aliphatic heterocycles. The molecule has 21 heteroatoms. The number of esters is 1. The fraction of sp³-hybridized carbons (Fsp3) is 0.840. The standard InChI is InChI=1S/C81H144O16Si5/c1-52-46-60(89-66(54(52)3)49-68-71(86-51-56-32-36-58(84-20)37-33-56)55(4)72-69(91-68)50-67(95-100(26,27)79(11,12)13)63(92-72)44-45-87-98(22,23)77(5,6)7)39-42-62-53(2)47-59(88-62)38-34-57(82)35-41-65(94-99(24,25)78(8,9)10)74-76(97-102(30,31)81(17,18)19)75(96-101(28,29)80(14,15)16)73-64(93-74)43-40-61(90-73)48-70(83)85-21/h32-33,36-37,52,55,57,59-69,71-76,82H,2-3,34,38-40,42-51H2,1,4-31H3/t52-,55-,57?,59+,60+,61-,62+,63-,64+,65+,66-,67-,68+,69+,71-,72+,73+,74+,75+,76-/m1/s1. The molecule has 0 aromatic heterocycles. The lowest BCUT2D eigenvalue weighted by atomic mass is 9.79. The highest BCUT2D eigenvalue weighted by atomic mass is 28.4. The molecule has 0 saturated carbocycles. The fourth-order valence-electron chi connectivity index (χ4n) is 13.9. The maximum atomic E-state index is 12.8. The van der Waals surface area contributed by atoms with E-state index < -0.39 is 78.2 Å². The van der Waals surface area contributed by atoms with Crippen LogP contribution in [0.15, 0.2) is 48.6 Å². The highest BCUT2D eigenvalue weighted by Gasteiger charge is 2.59. The number of fused-ring (bicyclic) bond motifs is 2. The molecule has 6 fully saturated rings. The summed E-state index contributed by atoms with van der Waals surface area (Å²) in [7, 11) is -8.80. The van der Waals surface area contributed by atoms with Gasteiger partial charge in [-0.3, -0.25) is 4.79 Å². The van der Waals surface area contributed by atoms with Gasteiger partial charge in [0.1, 0.15) is 42.4 Å². The fourth-order valence-corrected chi connectivity index (χ4v) is 20.1. The van der Waals surface area contributed by atoms with E-state index in [0.29, 0.717) is 51.7 Å². The summed E-state index contributed by atoms with van der Waals surface area (Å²) in [4.78, 5) is 12.8. The predicted molar refractivity (Wildman–Crippen MR) is 423 cm³/mol. The molecule has 0 aliphatic carbocycles. The van der Waals surface area contributed by atoms with E-state index in [9.17, 15) is 9.90 Å².